The topological polar surface area (TPSA) is 87.7 Å². The number of carbonyl (C=O) groups is 2. The van der Waals surface area contributed by atoms with Crippen molar-refractivity contribution in [2.75, 3.05) is 20.3 Å². The van der Waals surface area contributed by atoms with Crippen molar-refractivity contribution >= 4 is 12.0 Å². The van der Waals surface area contributed by atoms with Gasteiger partial charge in [-0.1, -0.05) is 33.1 Å². The molecule has 0 aromatic rings. The molecule has 0 bridgehead atoms. The fraction of sp³-hybridized carbons (Fsp3) is 0.846. The Balaban J connectivity index is 4.04. The lowest BCUT2D eigenvalue weighted by molar-refractivity contribution is -0.140. The summed E-state index contributed by atoms with van der Waals surface area (Å²) in [6.45, 7) is 4.75. The highest BCUT2D eigenvalue weighted by Gasteiger charge is 2.19. The lowest BCUT2D eigenvalue weighted by Gasteiger charge is -2.18. The van der Waals surface area contributed by atoms with E-state index in [1.807, 2.05) is 0 Å². The van der Waals surface area contributed by atoms with Crippen LogP contribution in [-0.2, 0) is 9.53 Å². The average molecular weight is 274 g/mol. The maximum absolute atomic E-state index is 11.6. The van der Waals surface area contributed by atoms with Gasteiger partial charge in [-0.3, -0.25) is 0 Å². The molecule has 0 aliphatic heterocycles. The predicted molar refractivity (Wildman–Crippen MR) is 73.1 cm³/mol. The number of carbonyl (C=O) groups excluding carboxylic acids is 1. The van der Waals surface area contributed by atoms with Gasteiger partial charge in [0.25, 0.3) is 0 Å². The molecule has 2 atom stereocenters. The molecule has 0 saturated heterocycles. The largest absolute Gasteiger partial charge is 0.480 e. The number of methoxy groups -OCH3 is 1. The van der Waals surface area contributed by atoms with Crippen molar-refractivity contribution in [3.8, 4) is 0 Å². The van der Waals surface area contributed by atoms with Crippen LogP contribution in [-0.4, -0.2) is 43.4 Å². The van der Waals surface area contributed by atoms with Gasteiger partial charge in [0, 0.05) is 13.7 Å². The van der Waals surface area contributed by atoms with Crippen LogP contribution in [0, 0.1) is 5.92 Å². The second-order valence-electron chi connectivity index (χ2n) is 4.62. The van der Waals surface area contributed by atoms with E-state index < -0.39 is 18.0 Å². The van der Waals surface area contributed by atoms with Crippen molar-refractivity contribution in [3.05, 3.63) is 0 Å². The van der Waals surface area contributed by atoms with Gasteiger partial charge in [-0.25, -0.2) is 9.59 Å². The Hall–Kier alpha value is -1.30. The molecule has 0 aromatic heterocycles. The number of rotatable bonds is 10. The number of ether oxygens (including phenoxy) is 1. The fourth-order valence-electron chi connectivity index (χ4n) is 1.73. The Morgan fingerprint density at radius 2 is 2.00 bits per heavy atom. The molecule has 0 aromatic carbocycles. The summed E-state index contributed by atoms with van der Waals surface area (Å²) in [4.78, 5) is 22.4. The van der Waals surface area contributed by atoms with Crippen LogP contribution in [0.5, 0.6) is 0 Å². The van der Waals surface area contributed by atoms with Crippen LogP contribution in [0.2, 0.25) is 0 Å². The summed E-state index contributed by atoms with van der Waals surface area (Å²) < 4.78 is 4.74. The molecule has 6 heteroatoms. The van der Waals surface area contributed by atoms with E-state index in [1.165, 1.54) is 7.11 Å². The number of urea groups is 1. The van der Waals surface area contributed by atoms with E-state index in [2.05, 4.69) is 24.5 Å². The normalized spacial score (nSPS) is 13.6. The van der Waals surface area contributed by atoms with Crippen LogP contribution >= 0.6 is 0 Å². The number of unbranched alkanes of at least 4 members (excludes halogenated alkanes) is 1. The van der Waals surface area contributed by atoms with Crippen LogP contribution < -0.4 is 10.6 Å². The van der Waals surface area contributed by atoms with E-state index >= 15 is 0 Å². The van der Waals surface area contributed by atoms with Gasteiger partial charge in [-0.05, 0) is 12.3 Å². The third kappa shape index (κ3) is 8.42. The van der Waals surface area contributed by atoms with E-state index in [0.717, 1.165) is 25.7 Å². The smallest absolute Gasteiger partial charge is 0.328 e. The Morgan fingerprint density at radius 1 is 1.32 bits per heavy atom. The van der Waals surface area contributed by atoms with Gasteiger partial charge >= 0.3 is 12.0 Å². The van der Waals surface area contributed by atoms with Crippen LogP contribution in [0.15, 0.2) is 0 Å². The maximum atomic E-state index is 11.6. The molecular weight excluding hydrogens is 248 g/mol. The molecule has 112 valence electrons. The second-order valence-corrected chi connectivity index (χ2v) is 4.62. The monoisotopic (exact) mass is 274 g/mol. The van der Waals surface area contributed by atoms with Gasteiger partial charge in [-0.15, -0.1) is 0 Å². The highest BCUT2D eigenvalue weighted by molar-refractivity contribution is 5.82. The van der Waals surface area contributed by atoms with Gasteiger partial charge in [0.15, 0.2) is 6.04 Å². The summed E-state index contributed by atoms with van der Waals surface area (Å²) in [5.74, 6) is -0.661. The summed E-state index contributed by atoms with van der Waals surface area (Å²) >= 11 is 0. The zero-order valence-electron chi connectivity index (χ0n) is 12.1. The van der Waals surface area contributed by atoms with Crippen LogP contribution in [0.4, 0.5) is 4.79 Å². The zero-order valence-corrected chi connectivity index (χ0v) is 12.1. The minimum Gasteiger partial charge on any atom is -0.480 e. The van der Waals surface area contributed by atoms with Gasteiger partial charge in [0.2, 0.25) is 0 Å². The average Bonchev–Trinajstić information content (AvgIpc) is 2.38. The summed E-state index contributed by atoms with van der Waals surface area (Å²) in [7, 11) is 1.40. The first-order valence-electron chi connectivity index (χ1n) is 6.81. The molecule has 6 nitrogen and oxygen atoms in total. The van der Waals surface area contributed by atoms with Crippen LogP contribution in [0.3, 0.4) is 0 Å². The third-order valence-electron chi connectivity index (χ3n) is 3.03. The highest BCUT2D eigenvalue weighted by Crippen LogP contribution is 2.10. The second kappa shape index (κ2) is 10.6. The van der Waals surface area contributed by atoms with Gasteiger partial charge < -0.3 is 20.5 Å². The number of carboxylic acid groups (broad SMARTS) is 1. The maximum Gasteiger partial charge on any atom is 0.328 e. The van der Waals surface area contributed by atoms with Gasteiger partial charge in [0.1, 0.15) is 0 Å². The van der Waals surface area contributed by atoms with E-state index in [4.69, 9.17) is 9.84 Å². The molecule has 19 heavy (non-hydrogen) atoms. The standard InChI is InChI=1S/C13H26N2O4/c1-4-6-7-10(5-2)8-14-13(18)15-11(9-19-3)12(16)17/h10-11H,4-9H2,1-3H3,(H,16,17)(H2,14,15,18). The first-order chi connectivity index (χ1) is 9.04. The minimum absolute atomic E-state index is 0.0458. The zero-order chi connectivity index (χ0) is 14.7. The number of nitrogens with one attached hydrogen (secondary N) is 2. The molecule has 0 aliphatic rings. The molecular formula is C13H26N2O4. The molecule has 0 rings (SSSR count). The number of aliphatic carboxylic acids is 1. The van der Waals surface area contributed by atoms with E-state index in [-0.39, 0.29) is 6.61 Å². The van der Waals surface area contributed by atoms with Crippen molar-refractivity contribution in [1.82, 2.24) is 10.6 Å². The van der Waals surface area contributed by atoms with E-state index in [9.17, 15) is 9.59 Å². The van der Waals surface area contributed by atoms with Crippen molar-refractivity contribution in [1.29, 1.82) is 0 Å². The van der Waals surface area contributed by atoms with E-state index in [0.29, 0.717) is 12.5 Å². The third-order valence-corrected chi connectivity index (χ3v) is 3.03. The van der Waals surface area contributed by atoms with Crippen molar-refractivity contribution in [2.24, 2.45) is 5.92 Å². The fourth-order valence-corrected chi connectivity index (χ4v) is 1.73. The highest BCUT2D eigenvalue weighted by atomic mass is 16.5. The molecule has 2 amide bonds. The first-order valence-corrected chi connectivity index (χ1v) is 6.81. The van der Waals surface area contributed by atoms with Crippen LogP contribution in [0.1, 0.15) is 39.5 Å². The summed E-state index contributed by atoms with van der Waals surface area (Å²) in [6, 6.07) is -1.47. The Morgan fingerprint density at radius 3 is 2.47 bits per heavy atom. The molecule has 0 heterocycles. The molecule has 0 spiro atoms. The summed E-state index contributed by atoms with van der Waals surface area (Å²) in [6.07, 6.45) is 4.36. The molecule has 3 N–H and O–H groups in total. The van der Waals surface area contributed by atoms with Crippen molar-refractivity contribution < 1.29 is 19.4 Å². The van der Waals surface area contributed by atoms with Crippen LogP contribution in [0.25, 0.3) is 0 Å². The summed E-state index contributed by atoms with van der Waals surface area (Å²) in [5.41, 5.74) is 0. The first kappa shape index (κ1) is 17.7. The molecule has 0 saturated carbocycles. The van der Waals surface area contributed by atoms with Gasteiger partial charge in [-0.2, -0.15) is 0 Å². The molecule has 2 unspecified atom stereocenters. The lowest BCUT2D eigenvalue weighted by Crippen LogP contribution is -2.49. The Kier molecular flexibility index (Phi) is 9.88. The number of hydrogen-bond donors (Lipinski definition) is 3. The SMILES string of the molecule is CCCCC(CC)CNC(=O)NC(COC)C(=O)O. The van der Waals surface area contributed by atoms with E-state index in [1.54, 1.807) is 0 Å². The summed E-state index contributed by atoms with van der Waals surface area (Å²) in [5, 5.41) is 14.0. The predicted octanol–water partition coefficient (Wildman–Crippen LogP) is 1.60. The lowest BCUT2D eigenvalue weighted by atomic mass is 9.99. The van der Waals surface area contributed by atoms with Crippen molar-refractivity contribution in [3.63, 3.8) is 0 Å². The Bertz CT molecular complexity index is 271. The van der Waals surface area contributed by atoms with Gasteiger partial charge in [0.05, 0.1) is 6.61 Å². The number of hydrogen-bond acceptors (Lipinski definition) is 3. The minimum atomic E-state index is -1.10. The van der Waals surface area contributed by atoms with Crippen molar-refractivity contribution in [2.45, 2.75) is 45.6 Å². The Labute approximate surface area is 114 Å². The number of carboxylic acids is 1. The molecule has 0 aliphatic carbocycles. The molecule has 0 fully saturated rings. The molecule has 0 radical (unpaired) electrons. The quantitative estimate of drug-likeness (QED) is 0.564. The number of amides is 2.